The molecule has 6 nitrogen and oxygen atoms in total. The molecule has 0 atom stereocenters. The number of benzene rings is 3. The number of carbonyl (C=O) groups is 1. The van der Waals surface area contributed by atoms with Crippen molar-refractivity contribution >= 4 is 69.7 Å². The van der Waals surface area contributed by atoms with Gasteiger partial charge in [0.15, 0.2) is 0 Å². The van der Waals surface area contributed by atoms with Gasteiger partial charge in [-0.2, -0.15) is 0 Å². The summed E-state index contributed by atoms with van der Waals surface area (Å²) in [7, 11) is 0. The van der Waals surface area contributed by atoms with Crippen LogP contribution in [0.4, 0.5) is 17.1 Å². The summed E-state index contributed by atoms with van der Waals surface area (Å²) in [5.74, 6) is -0.387. The van der Waals surface area contributed by atoms with Crippen LogP contribution in [0.3, 0.4) is 0 Å². The quantitative estimate of drug-likeness (QED) is 0.177. The standard InChI is InChI=1S/C19H12Cl3N3O3S/c20-15-8-11(9-16(21)18(15)22)23-19(26)14-6-1-2-7-17(14)24-29-13-5-3-4-12(10-13)25(27)28/h1-10,24H,(H,23,26). The Morgan fingerprint density at radius 2 is 1.66 bits per heavy atom. The molecule has 0 aliphatic carbocycles. The largest absolute Gasteiger partial charge is 0.325 e. The number of nitrogens with one attached hydrogen (secondary N) is 2. The third-order valence-electron chi connectivity index (χ3n) is 3.72. The average molecular weight is 469 g/mol. The maximum Gasteiger partial charge on any atom is 0.270 e. The Labute approximate surface area is 185 Å². The van der Waals surface area contributed by atoms with Crippen molar-refractivity contribution in [2.45, 2.75) is 4.90 Å². The molecule has 0 aromatic heterocycles. The zero-order chi connectivity index (χ0) is 21.0. The van der Waals surface area contributed by atoms with Crippen molar-refractivity contribution in [3.63, 3.8) is 0 Å². The fourth-order valence-corrected chi connectivity index (χ4v) is 3.70. The highest BCUT2D eigenvalue weighted by molar-refractivity contribution is 8.00. The summed E-state index contributed by atoms with van der Waals surface area (Å²) in [5, 5.41) is 14.3. The van der Waals surface area contributed by atoms with Gasteiger partial charge in [0.2, 0.25) is 0 Å². The van der Waals surface area contributed by atoms with Gasteiger partial charge in [0.25, 0.3) is 11.6 Å². The summed E-state index contributed by atoms with van der Waals surface area (Å²) in [4.78, 5) is 23.8. The Bertz CT molecular complexity index is 1070. The van der Waals surface area contributed by atoms with E-state index in [0.717, 1.165) is 11.9 Å². The first kappa shape index (κ1) is 21.3. The molecule has 0 fully saturated rings. The van der Waals surface area contributed by atoms with E-state index in [1.54, 1.807) is 36.4 Å². The van der Waals surface area contributed by atoms with Crippen LogP contribution in [0.25, 0.3) is 0 Å². The zero-order valence-corrected chi connectivity index (χ0v) is 17.6. The molecule has 1 amide bonds. The van der Waals surface area contributed by atoms with Gasteiger partial charge in [-0.3, -0.25) is 14.9 Å². The number of rotatable bonds is 6. The summed E-state index contributed by atoms with van der Waals surface area (Å²) < 4.78 is 3.05. The predicted molar refractivity (Wildman–Crippen MR) is 118 cm³/mol. The minimum atomic E-state index is -0.464. The fourth-order valence-electron chi connectivity index (χ4n) is 2.37. The lowest BCUT2D eigenvalue weighted by atomic mass is 10.1. The third kappa shape index (κ3) is 5.33. The highest BCUT2D eigenvalue weighted by Gasteiger charge is 2.14. The van der Waals surface area contributed by atoms with Crippen LogP contribution in [-0.2, 0) is 0 Å². The molecule has 29 heavy (non-hydrogen) atoms. The number of anilines is 2. The van der Waals surface area contributed by atoms with Crippen molar-refractivity contribution in [3.8, 4) is 0 Å². The van der Waals surface area contributed by atoms with Gasteiger partial charge in [-0.15, -0.1) is 0 Å². The van der Waals surface area contributed by atoms with E-state index in [9.17, 15) is 14.9 Å². The van der Waals surface area contributed by atoms with E-state index in [1.165, 1.54) is 24.3 Å². The number of nitro benzene ring substituents is 1. The number of amides is 1. The molecule has 0 saturated carbocycles. The zero-order valence-electron chi connectivity index (χ0n) is 14.5. The minimum absolute atomic E-state index is 0.0145. The Kier molecular flexibility index (Phi) is 6.87. The lowest BCUT2D eigenvalue weighted by Gasteiger charge is -2.12. The monoisotopic (exact) mass is 467 g/mol. The van der Waals surface area contributed by atoms with Gasteiger partial charge in [0.05, 0.1) is 31.2 Å². The van der Waals surface area contributed by atoms with Gasteiger partial charge in [-0.1, -0.05) is 53.0 Å². The highest BCUT2D eigenvalue weighted by atomic mass is 35.5. The van der Waals surface area contributed by atoms with Crippen LogP contribution < -0.4 is 10.0 Å². The molecule has 3 aromatic carbocycles. The van der Waals surface area contributed by atoms with E-state index < -0.39 is 4.92 Å². The summed E-state index contributed by atoms with van der Waals surface area (Å²) in [6, 6.07) is 16.0. The van der Waals surface area contributed by atoms with Crippen molar-refractivity contribution < 1.29 is 9.72 Å². The number of hydrogen-bond donors (Lipinski definition) is 2. The molecule has 0 bridgehead atoms. The average Bonchev–Trinajstić information content (AvgIpc) is 2.70. The van der Waals surface area contributed by atoms with E-state index in [-0.39, 0.29) is 26.7 Å². The highest BCUT2D eigenvalue weighted by Crippen LogP contribution is 2.33. The van der Waals surface area contributed by atoms with Crippen LogP contribution in [0, 0.1) is 10.1 Å². The smallest absolute Gasteiger partial charge is 0.270 e. The molecular formula is C19H12Cl3N3O3S. The Balaban J connectivity index is 1.77. The van der Waals surface area contributed by atoms with Crippen LogP contribution in [-0.4, -0.2) is 10.8 Å². The Morgan fingerprint density at radius 3 is 2.34 bits per heavy atom. The molecule has 3 rings (SSSR count). The number of non-ortho nitro benzene ring substituents is 1. The van der Waals surface area contributed by atoms with Gasteiger partial charge < -0.3 is 10.0 Å². The van der Waals surface area contributed by atoms with Crippen molar-refractivity contribution in [1.29, 1.82) is 0 Å². The van der Waals surface area contributed by atoms with Crippen molar-refractivity contribution in [2.24, 2.45) is 0 Å². The number of hydrogen-bond acceptors (Lipinski definition) is 5. The second kappa shape index (κ2) is 9.37. The molecule has 2 N–H and O–H groups in total. The van der Waals surface area contributed by atoms with E-state index in [1.807, 2.05) is 0 Å². The van der Waals surface area contributed by atoms with Crippen LogP contribution >= 0.6 is 46.8 Å². The molecule has 3 aromatic rings. The van der Waals surface area contributed by atoms with Gasteiger partial charge in [0, 0.05) is 22.7 Å². The molecule has 0 radical (unpaired) electrons. The van der Waals surface area contributed by atoms with Gasteiger partial charge in [-0.25, -0.2) is 0 Å². The number of carbonyl (C=O) groups excluding carboxylic acids is 1. The maximum absolute atomic E-state index is 12.7. The van der Waals surface area contributed by atoms with E-state index >= 15 is 0 Å². The van der Waals surface area contributed by atoms with Crippen LogP contribution in [0.15, 0.2) is 65.6 Å². The minimum Gasteiger partial charge on any atom is -0.325 e. The van der Waals surface area contributed by atoms with Gasteiger partial charge in [0.1, 0.15) is 0 Å². The molecule has 0 aliphatic rings. The number of halogens is 3. The van der Waals surface area contributed by atoms with Gasteiger partial charge >= 0.3 is 0 Å². The molecule has 0 saturated heterocycles. The number of para-hydroxylation sites is 1. The second-order valence-electron chi connectivity index (χ2n) is 5.71. The third-order valence-corrected chi connectivity index (χ3v) is 5.73. The summed E-state index contributed by atoms with van der Waals surface area (Å²) in [6.07, 6.45) is 0. The van der Waals surface area contributed by atoms with E-state index in [0.29, 0.717) is 21.8 Å². The van der Waals surface area contributed by atoms with Crippen LogP contribution in [0.2, 0.25) is 15.1 Å². The maximum atomic E-state index is 12.7. The summed E-state index contributed by atoms with van der Waals surface area (Å²) >= 11 is 19.1. The normalized spacial score (nSPS) is 10.4. The summed E-state index contributed by atoms with van der Waals surface area (Å²) in [6.45, 7) is 0. The Hall–Kier alpha value is -2.45. The molecule has 0 heterocycles. The number of nitrogens with zero attached hydrogens (tertiary/aromatic N) is 1. The lowest BCUT2D eigenvalue weighted by molar-refractivity contribution is -0.385. The van der Waals surface area contributed by atoms with Crippen molar-refractivity contribution in [3.05, 3.63) is 91.4 Å². The predicted octanol–water partition coefficient (Wildman–Crippen LogP) is 6.93. The van der Waals surface area contributed by atoms with Crippen molar-refractivity contribution in [2.75, 3.05) is 10.0 Å². The van der Waals surface area contributed by atoms with Crippen LogP contribution in [0.5, 0.6) is 0 Å². The van der Waals surface area contributed by atoms with E-state index in [2.05, 4.69) is 10.0 Å². The molecule has 0 unspecified atom stereocenters. The molecular weight excluding hydrogens is 457 g/mol. The molecule has 0 spiro atoms. The first-order valence-corrected chi connectivity index (χ1v) is 10.0. The number of nitro groups is 1. The molecule has 0 aliphatic heterocycles. The fraction of sp³-hybridized carbons (Fsp3) is 0. The first-order valence-electron chi connectivity index (χ1n) is 8.07. The van der Waals surface area contributed by atoms with Gasteiger partial charge in [-0.05, 0) is 42.3 Å². The second-order valence-corrected chi connectivity index (χ2v) is 7.78. The molecule has 10 heteroatoms. The topological polar surface area (TPSA) is 84.3 Å². The SMILES string of the molecule is O=C(Nc1cc(Cl)c(Cl)c(Cl)c1)c1ccccc1NSc1cccc([N+](=O)[O-])c1. The van der Waals surface area contributed by atoms with Crippen molar-refractivity contribution in [1.82, 2.24) is 0 Å². The lowest BCUT2D eigenvalue weighted by Crippen LogP contribution is -2.13. The van der Waals surface area contributed by atoms with Crippen LogP contribution in [0.1, 0.15) is 10.4 Å². The Morgan fingerprint density at radius 1 is 0.966 bits per heavy atom. The van der Waals surface area contributed by atoms with E-state index in [4.69, 9.17) is 34.8 Å². The first-order chi connectivity index (χ1) is 13.8. The molecule has 148 valence electrons. The summed E-state index contributed by atoms with van der Waals surface area (Å²) in [5.41, 5.74) is 1.29.